The number of nitro groups is 1. The Morgan fingerprint density at radius 1 is 0.909 bits per heavy atom. The van der Waals surface area contributed by atoms with Gasteiger partial charge in [-0.2, -0.15) is 0 Å². The van der Waals surface area contributed by atoms with Crippen molar-refractivity contribution in [2.24, 2.45) is 0 Å². The van der Waals surface area contributed by atoms with Gasteiger partial charge in [0, 0.05) is 45.2 Å². The molecule has 1 fully saturated rings. The molecule has 0 aromatic heterocycles. The molecule has 0 unspecified atom stereocenters. The molecule has 0 bridgehead atoms. The number of hydrogen-bond donors (Lipinski definition) is 1. The van der Waals surface area contributed by atoms with Gasteiger partial charge in [0.05, 0.1) is 10.6 Å². The van der Waals surface area contributed by atoms with E-state index in [9.17, 15) is 14.9 Å². The molecule has 3 aromatic rings. The minimum absolute atomic E-state index is 0.0831. The monoisotopic (exact) mass is 446 g/mol. The van der Waals surface area contributed by atoms with Crippen LogP contribution in [0.5, 0.6) is 11.5 Å². The van der Waals surface area contributed by atoms with Crippen molar-refractivity contribution in [1.29, 1.82) is 0 Å². The number of nitro benzene ring substituents is 1. The molecule has 33 heavy (non-hydrogen) atoms. The fraction of sp³-hybridized carbons (Fsp3) is 0.240. The maximum absolute atomic E-state index is 12.6. The number of carbonyl (C=O) groups excluding carboxylic acids is 1. The van der Waals surface area contributed by atoms with Crippen molar-refractivity contribution in [3.05, 3.63) is 89.0 Å². The third-order valence-electron chi connectivity index (χ3n) is 5.58. The number of anilines is 2. The summed E-state index contributed by atoms with van der Waals surface area (Å²) in [4.78, 5) is 27.8. The highest BCUT2D eigenvalue weighted by Crippen LogP contribution is 2.30. The van der Waals surface area contributed by atoms with E-state index in [0.717, 1.165) is 13.1 Å². The first-order valence-electron chi connectivity index (χ1n) is 10.9. The van der Waals surface area contributed by atoms with Crippen LogP contribution in [-0.2, 0) is 4.79 Å². The highest BCUT2D eigenvalue weighted by molar-refractivity contribution is 5.92. The van der Waals surface area contributed by atoms with Crippen LogP contribution in [0.3, 0.4) is 0 Å². The first kappa shape index (κ1) is 22.3. The van der Waals surface area contributed by atoms with Gasteiger partial charge in [0.2, 0.25) is 5.91 Å². The molecule has 8 heteroatoms. The number of hydrogen-bond acceptors (Lipinski definition) is 6. The summed E-state index contributed by atoms with van der Waals surface area (Å²) in [7, 11) is 0. The number of nitrogens with one attached hydrogen (secondary N) is 1. The second kappa shape index (κ2) is 10.6. The minimum Gasteiger partial charge on any atom is -0.455 e. The first-order chi connectivity index (χ1) is 16.1. The summed E-state index contributed by atoms with van der Waals surface area (Å²) < 4.78 is 5.91. The highest BCUT2D eigenvalue weighted by atomic mass is 16.6. The predicted molar refractivity (Wildman–Crippen MR) is 128 cm³/mol. The predicted octanol–water partition coefficient (Wildman–Crippen LogP) is 4.54. The maximum atomic E-state index is 12.6. The molecule has 1 amide bonds. The van der Waals surface area contributed by atoms with E-state index in [2.05, 4.69) is 10.2 Å². The van der Waals surface area contributed by atoms with Gasteiger partial charge >= 0.3 is 0 Å². The zero-order valence-corrected chi connectivity index (χ0v) is 18.2. The Morgan fingerprint density at radius 2 is 1.58 bits per heavy atom. The van der Waals surface area contributed by atoms with Crippen LogP contribution in [0, 0.1) is 10.1 Å². The Kier molecular flexibility index (Phi) is 7.16. The number of amides is 1. The van der Waals surface area contributed by atoms with Crippen molar-refractivity contribution in [2.45, 2.75) is 6.42 Å². The van der Waals surface area contributed by atoms with Gasteiger partial charge in [0.15, 0.2) is 5.75 Å². The molecule has 0 spiro atoms. The highest BCUT2D eigenvalue weighted by Gasteiger charge is 2.23. The zero-order valence-electron chi connectivity index (χ0n) is 18.2. The quantitative estimate of drug-likeness (QED) is 0.404. The number of piperazine rings is 1. The van der Waals surface area contributed by atoms with E-state index in [1.165, 1.54) is 6.07 Å². The third-order valence-corrected chi connectivity index (χ3v) is 5.58. The number of ether oxygens (including phenoxy) is 1. The number of para-hydroxylation sites is 5. The topological polar surface area (TPSA) is 88.0 Å². The summed E-state index contributed by atoms with van der Waals surface area (Å²) in [6.07, 6.45) is 0.352. The summed E-state index contributed by atoms with van der Waals surface area (Å²) in [5, 5.41) is 14.2. The van der Waals surface area contributed by atoms with Gasteiger partial charge in [0.25, 0.3) is 5.69 Å². The van der Waals surface area contributed by atoms with Crippen molar-refractivity contribution < 1.29 is 14.5 Å². The lowest BCUT2D eigenvalue weighted by atomic mass is 10.2. The molecule has 4 rings (SSSR count). The van der Waals surface area contributed by atoms with Crippen LogP contribution in [0.4, 0.5) is 17.1 Å². The summed E-state index contributed by atoms with van der Waals surface area (Å²) in [6.45, 7) is 3.47. The number of benzene rings is 3. The number of nitrogens with zero attached hydrogens (tertiary/aromatic N) is 3. The second-order valence-electron chi connectivity index (χ2n) is 7.78. The Labute approximate surface area is 192 Å². The van der Waals surface area contributed by atoms with Crippen molar-refractivity contribution in [3.63, 3.8) is 0 Å². The lowest BCUT2D eigenvalue weighted by Gasteiger charge is -2.35. The van der Waals surface area contributed by atoms with E-state index in [-0.39, 0.29) is 16.5 Å². The average molecular weight is 447 g/mol. The second-order valence-corrected chi connectivity index (χ2v) is 7.78. The maximum Gasteiger partial charge on any atom is 0.292 e. The van der Waals surface area contributed by atoms with Gasteiger partial charge in [-0.1, -0.05) is 42.5 Å². The van der Waals surface area contributed by atoms with Gasteiger partial charge in [-0.3, -0.25) is 19.8 Å². The molecule has 3 aromatic carbocycles. The van der Waals surface area contributed by atoms with Gasteiger partial charge < -0.3 is 15.0 Å². The van der Waals surface area contributed by atoms with Crippen LogP contribution >= 0.6 is 0 Å². The molecule has 1 aliphatic heterocycles. The summed E-state index contributed by atoms with van der Waals surface area (Å²) in [5.41, 5.74) is 1.41. The normalized spacial score (nSPS) is 14.0. The zero-order chi connectivity index (χ0) is 23.0. The smallest absolute Gasteiger partial charge is 0.292 e. The number of rotatable bonds is 8. The molecule has 1 heterocycles. The summed E-state index contributed by atoms with van der Waals surface area (Å²) >= 11 is 0. The Balaban J connectivity index is 1.28. The number of carbonyl (C=O) groups is 1. The van der Waals surface area contributed by atoms with Crippen LogP contribution in [0.25, 0.3) is 0 Å². The molecule has 0 atom stereocenters. The van der Waals surface area contributed by atoms with Gasteiger partial charge in [-0.05, 0) is 30.3 Å². The minimum atomic E-state index is -0.342. The van der Waals surface area contributed by atoms with Crippen molar-refractivity contribution in [2.75, 3.05) is 42.9 Å². The summed E-state index contributed by atoms with van der Waals surface area (Å²) in [5.74, 6) is 1.21. The Bertz CT molecular complexity index is 1100. The van der Waals surface area contributed by atoms with E-state index in [1.54, 1.807) is 12.1 Å². The van der Waals surface area contributed by atoms with Crippen LogP contribution in [0.15, 0.2) is 78.9 Å². The molecule has 8 nitrogen and oxygen atoms in total. The summed E-state index contributed by atoms with van der Waals surface area (Å²) in [6, 6.07) is 23.6. The SMILES string of the molecule is O=C(CCN1CCN(c2ccccc2[N+](=O)[O-])CC1)Nc1ccccc1Oc1ccccc1. The van der Waals surface area contributed by atoms with Crippen molar-refractivity contribution in [3.8, 4) is 11.5 Å². The first-order valence-corrected chi connectivity index (χ1v) is 10.9. The fourth-order valence-electron chi connectivity index (χ4n) is 3.85. The Morgan fingerprint density at radius 3 is 2.33 bits per heavy atom. The Hall–Kier alpha value is -3.91. The lowest BCUT2D eigenvalue weighted by molar-refractivity contribution is -0.384. The molecule has 1 aliphatic rings. The van der Waals surface area contributed by atoms with Crippen molar-refractivity contribution >= 4 is 23.0 Å². The molecule has 170 valence electrons. The van der Waals surface area contributed by atoms with E-state index in [0.29, 0.717) is 48.9 Å². The molecule has 1 saturated heterocycles. The van der Waals surface area contributed by atoms with Crippen molar-refractivity contribution in [1.82, 2.24) is 4.90 Å². The molecule has 1 N–H and O–H groups in total. The lowest BCUT2D eigenvalue weighted by Crippen LogP contribution is -2.47. The van der Waals surface area contributed by atoms with E-state index in [1.807, 2.05) is 65.6 Å². The fourth-order valence-corrected chi connectivity index (χ4v) is 3.85. The van der Waals surface area contributed by atoms with Crippen LogP contribution in [0.2, 0.25) is 0 Å². The van der Waals surface area contributed by atoms with Gasteiger partial charge in [-0.15, -0.1) is 0 Å². The van der Waals surface area contributed by atoms with E-state index >= 15 is 0 Å². The third kappa shape index (κ3) is 5.87. The van der Waals surface area contributed by atoms with Crippen LogP contribution in [-0.4, -0.2) is 48.5 Å². The van der Waals surface area contributed by atoms with E-state index < -0.39 is 0 Å². The molecular formula is C25H26N4O4. The molecule has 0 saturated carbocycles. The van der Waals surface area contributed by atoms with Gasteiger partial charge in [-0.25, -0.2) is 0 Å². The van der Waals surface area contributed by atoms with Crippen LogP contribution < -0.4 is 15.0 Å². The largest absolute Gasteiger partial charge is 0.455 e. The van der Waals surface area contributed by atoms with Gasteiger partial charge in [0.1, 0.15) is 11.4 Å². The molecular weight excluding hydrogens is 420 g/mol. The van der Waals surface area contributed by atoms with Crippen LogP contribution in [0.1, 0.15) is 6.42 Å². The molecule has 0 aliphatic carbocycles. The average Bonchev–Trinajstić information content (AvgIpc) is 2.85. The standard InChI is InChI=1S/C25H26N4O4/c30-25(26-21-10-4-7-13-24(21)33-20-8-2-1-3-9-20)14-15-27-16-18-28(19-17-27)22-11-5-6-12-23(22)29(31)32/h1-13H,14-19H2,(H,26,30). The molecule has 0 radical (unpaired) electrons. The van der Waals surface area contributed by atoms with E-state index in [4.69, 9.17) is 4.74 Å².